The number of methoxy groups -OCH3 is 1. The maximum absolute atomic E-state index is 14.1. The molecule has 1 amide bonds. The maximum Gasteiger partial charge on any atom is 0.230 e. The van der Waals surface area contributed by atoms with Crippen LogP contribution in [-0.2, 0) is 27.3 Å². The Bertz CT molecular complexity index is 1590. The quantitative estimate of drug-likeness (QED) is 0.271. The van der Waals surface area contributed by atoms with E-state index in [0.29, 0.717) is 23.4 Å². The molecule has 0 aromatic heterocycles. The minimum atomic E-state index is -2.96. The van der Waals surface area contributed by atoms with Crippen molar-refractivity contribution in [3.63, 3.8) is 0 Å². The van der Waals surface area contributed by atoms with Crippen molar-refractivity contribution in [1.29, 1.82) is 0 Å². The Labute approximate surface area is 260 Å². The van der Waals surface area contributed by atoms with Gasteiger partial charge in [-0.2, -0.15) is 0 Å². The molecule has 240 valence electrons. The van der Waals surface area contributed by atoms with Crippen LogP contribution in [0.4, 0.5) is 0 Å². The number of Topliss-reactive ketones (excluding diaryl/α,β-unsaturated/α-hetero) is 3. The van der Waals surface area contributed by atoms with Gasteiger partial charge in [0.1, 0.15) is 17.4 Å². The Hall–Kier alpha value is -3.68. The van der Waals surface area contributed by atoms with Crippen LogP contribution in [0.25, 0.3) is 11.1 Å². The fourth-order valence-corrected chi connectivity index (χ4v) is 8.35. The second kappa shape index (κ2) is 11.3. The van der Waals surface area contributed by atoms with Gasteiger partial charge in [0, 0.05) is 30.0 Å². The van der Waals surface area contributed by atoms with Crippen LogP contribution >= 0.6 is 0 Å². The number of aliphatic hydroxyl groups is 3. The SMILES string of the molecule is COc1ccc(-c2ccc(O)c3c2C[C@H]2C(C3=O)C(=O)[C@@]3(O)C(=O)C(C(N)=O)C(O)[C@H](N(C)C)[C@H]3[C@@H]2O)cc1CN1CCCC1. The highest BCUT2D eigenvalue weighted by atomic mass is 16.5. The summed E-state index contributed by atoms with van der Waals surface area (Å²) in [6.07, 6.45) is -1.13. The van der Waals surface area contributed by atoms with Gasteiger partial charge in [0.2, 0.25) is 5.91 Å². The molecule has 4 aliphatic rings. The Morgan fingerprint density at radius 3 is 2.38 bits per heavy atom. The number of carbonyl (C=O) groups is 4. The number of rotatable bonds is 6. The number of benzene rings is 2. The van der Waals surface area contributed by atoms with Crippen molar-refractivity contribution in [3.8, 4) is 22.6 Å². The summed E-state index contributed by atoms with van der Waals surface area (Å²) in [5.41, 5.74) is 5.09. The number of likely N-dealkylation sites (tertiary alicyclic amines) is 1. The number of carbonyl (C=O) groups excluding carboxylic acids is 4. The summed E-state index contributed by atoms with van der Waals surface area (Å²) in [5, 5.41) is 45.7. The number of ketones is 3. The lowest BCUT2D eigenvalue weighted by Crippen LogP contribution is -2.78. The third-order valence-electron chi connectivity index (χ3n) is 10.4. The topological polar surface area (TPSA) is 191 Å². The van der Waals surface area contributed by atoms with E-state index in [0.717, 1.165) is 37.1 Å². The summed E-state index contributed by atoms with van der Waals surface area (Å²) in [4.78, 5) is 57.8. The number of aliphatic hydroxyl groups excluding tert-OH is 2. The number of ether oxygens (including phenoxy) is 1. The van der Waals surface area contributed by atoms with Crippen molar-refractivity contribution in [3.05, 3.63) is 47.0 Å². The summed E-state index contributed by atoms with van der Waals surface area (Å²) in [5.74, 6) is -10.5. The summed E-state index contributed by atoms with van der Waals surface area (Å²) >= 11 is 0. The highest BCUT2D eigenvalue weighted by molar-refractivity contribution is 6.26. The molecule has 6 rings (SSSR count). The van der Waals surface area contributed by atoms with Crippen LogP contribution in [0, 0.1) is 23.7 Å². The fraction of sp³-hybridized carbons (Fsp3) is 0.515. The number of fused-ring (bicyclic) bond motifs is 3. The average Bonchev–Trinajstić information content (AvgIpc) is 3.50. The molecule has 2 aromatic rings. The molecule has 6 N–H and O–H groups in total. The zero-order chi connectivity index (χ0) is 32.5. The van der Waals surface area contributed by atoms with Crippen LogP contribution in [0.15, 0.2) is 30.3 Å². The van der Waals surface area contributed by atoms with Crippen molar-refractivity contribution >= 4 is 23.3 Å². The molecular formula is C33H39N3O9. The Morgan fingerprint density at radius 1 is 1.07 bits per heavy atom. The summed E-state index contributed by atoms with van der Waals surface area (Å²) in [6, 6.07) is 7.50. The van der Waals surface area contributed by atoms with Gasteiger partial charge in [-0.3, -0.25) is 24.1 Å². The number of likely N-dealkylation sites (N-methyl/N-ethyl adjacent to an activating group) is 1. The second-order valence-electron chi connectivity index (χ2n) is 13.0. The van der Waals surface area contributed by atoms with Crippen LogP contribution in [0.3, 0.4) is 0 Å². The number of hydrogen-bond donors (Lipinski definition) is 5. The fourth-order valence-electron chi connectivity index (χ4n) is 8.35. The van der Waals surface area contributed by atoms with Gasteiger partial charge in [0.05, 0.1) is 30.8 Å². The van der Waals surface area contributed by atoms with Gasteiger partial charge in [-0.05, 0) is 81.3 Å². The number of aromatic hydroxyl groups is 1. The lowest BCUT2D eigenvalue weighted by Gasteiger charge is -2.56. The molecule has 12 nitrogen and oxygen atoms in total. The van der Waals surface area contributed by atoms with Gasteiger partial charge in [-0.15, -0.1) is 0 Å². The molecule has 3 aliphatic carbocycles. The van der Waals surface area contributed by atoms with Crippen LogP contribution in [0.2, 0.25) is 0 Å². The highest BCUT2D eigenvalue weighted by Crippen LogP contribution is 2.52. The zero-order valence-electron chi connectivity index (χ0n) is 25.5. The van der Waals surface area contributed by atoms with Crippen LogP contribution in [0.5, 0.6) is 11.5 Å². The molecule has 2 saturated carbocycles. The van der Waals surface area contributed by atoms with E-state index in [4.69, 9.17) is 10.5 Å². The predicted molar refractivity (Wildman–Crippen MR) is 160 cm³/mol. The zero-order valence-corrected chi connectivity index (χ0v) is 25.5. The molecule has 45 heavy (non-hydrogen) atoms. The van der Waals surface area contributed by atoms with E-state index in [1.807, 2.05) is 18.2 Å². The number of phenolic OH excluding ortho intramolecular Hbond substituents is 1. The molecule has 8 atom stereocenters. The van der Waals surface area contributed by atoms with Crippen LogP contribution in [0.1, 0.15) is 34.3 Å². The minimum Gasteiger partial charge on any atom is -0.507 e. The van der Waals surface area contributed by atoms with E-state index >= 15 is 0 Å². The monoisotopic (exact) mass is 621 g/mol. The summed E-state index contributed by atoms with van der Waals surface area (Å²) < 4.78 is 5.62. The minimum absolute atomic E-state index is 0.0356. The Morgan fingerprint density at radius 2 is 1.76 bits per heavy atom. The second-order valence-corrected chi connectivity index (χ2v) is 13.0. The van der Waals surface area contributed by atoms with E-state index < -0.39 is 70.8 Å². The van der Waals surface area contributed by atoms with E-state index in [1.165, 1.54) is 25.1 Å². The molecule has 1 heterocycles. The molecule has 0 spiro atoms. The lowest BCUT2D eigenvalue weighted by molar-refractivity contribution is -0.207. The first-order chi connectivity index (χ1) is 21.3. The van der Waals surface area contributed by atoms with Crippen molar-refractivity contribution < 1.29 is 44.3 Å². The number of nitrogens with two attached hydrogens (primary N) is 1. The molecule has 3 fully saturated rings. The smallest absolute Gasteiger partial charge is 0.230 e. The number of primary amides is 1. The number of nitrogens with zero attached hydrogens (tertiary/aromatic N) is 2. The van der Waals surface area contributed by atoms with Gasteiger partial charge < -0.3 is 35.8 Å². The molecule has 0 radical (unpaired) electrons. The number of phenols is 1. The van der Waals surface area contributed by atoms with Crippen LogP contribution in [-0.4, -0.2) is 112 Å². The van der Waals surface area contributed by atoms with E-state index in [2.05, 4.69) is 4.90 Å². The van der Waals surface area contributed by atoms with Gasteiger partial charge in [-0.1, -0.05) is 12.1 Å². The average molecular weight is 622 g/mol. The maximum atomic E-state index is 14.1. The molecule has 1 aliphatic heterocycles. The van der Waals surface area contributed by atoms with Gasteiger partial charge in [0.15, 0.2) is 23.0 Å². The summed E-state index contributed by atoms with van der Waals surface area (Å²) in [6.45, 7) is 2.62. The molecular weight excluding hydrogens is 582 g/mol. The largest absolute Gasteiger partial charge is 0.507 e. The first-order valence-electron chi connectivity index (χ1n) is 15.2. The van der Waals surface area contributed by atoms with E-state index in [-0.39, 0.29) is 17.7 Å². The first-order valence-corrected chi connectivity index (χ1v) is 15.2. The third kappa shape index (κ3) is 4.61. The molecule has 0 bridgehead atoms. The van der Waals surface area contributed by atoms with Gasteiger partial charge >= 0.3 is 0 Å². The van der Waals surface area contributed by atoms with E-state index in [1.54, 1.807) is 13.2 Å². The Kier molecular flexibility index (Phi) is 7.85. The van der Waals surface area contributed by atoms with E-state index in [9.17, 15) is 39.6 Å². The normalized spacial score (nSPS) is 33.1. The van der Waals surface area contributed by atoms with Crippen molar-refractivity contribution in [2.75, 3.05) is 34.3 Å². The molecule has 1 saturated heterocycles. The standard InChI is InChI=1S/C33H39N3O9/c1-35(2)26-25-27(38)19-13-18-17(15-6-9-21(45-3)16(12-15)14-36-10-4-5-11-36)7-8-20(37)22(18)28(39)23(19)30(41)33(25,44)31(42)24(29(26)40)32(34)43/h6-9,12,19,23-27,29,37-38,40,44H,4-5,10-11,13-14H2,1-3H3,(H2,34,43)/t19-,23?,24?,25-,26+,27+,29?,33+/m0/s1. The number of amides is 1. The molecule has 2 aromatic carbocycles. The Balaban J connectivity index is 1.46. The lowest BCUT2D eigenvalue weighted by atomic mass is 9.50. The van der Waals surface area contributed by atoms with Gasteiger partial charge in [-0.25, -0.2) is 0 Å². The van der Waals surface area contributed by atoms with Gasteiger partial charge in [0.25, 0.3) is 0 Å². The number of hydrogen-bond acceptors (Lipinski definition) is 11. The third-order valence-corrected chi connectivity index (χ3v) is 10.4. The van der Waals surface area contributed by atoms with Crippen molar-refractivity contribution in [2.24, 2.45) is 29.4 Å². The van der Waals surface area contributed by atoms with Crippen molar-refractivity contribution in [2.45, 2.75) is 49.7 Å². The molecule has 12 heteroatoms. The van der Waals surface area contributed by atoms with Crippen LogP contribution < -0.4 is 10.5 Å². The highest BCUT2D eigenvalue weighted by Gasteiger charge is 2.72. The molecule has 3 unspecified atom stereocenters. The first kappa shape index (κ1) is 31.3. The summed E-state index contributed by atoms with van der Waals surface area (Å²) in [7, 11) is 4.64. The van der Waals surface area contributed by atoms with Crippen molar-refractivity contribution in [1.82, 2.24) is 9.80 Å². The predicted octanol–water partition coefficient (Wildman–Crippen LogP) is -0.0990.